The van der Waals surface area contributed by atoms with Gasteiger partial charge in [-0.2, -0.15) is 5.26 Å². The second kappa shape index (κ2) is 7.01. The summed E-state index contributed by atoms with van der Waals surface area (Å²) < 4.78 is 0. The summed E-state index contributed by atoms with van der Waals surface area (Å²) in [7, 11) is 0. The molecule has 2 aromatic rings. The quantitative estimate of drug-likeness (QED) is 0.938. The van der Waals surface area contributed by atoms with Crippen molar-refractivity contribution in [3.63, 3.8) is 0 Å². The standard InChI is InChI=1S/C17H19N5/c18-10-16-11-19-12-17(21-16)20-15-6-8-22(9-7-15)13-14-4-2-1-3-5-14/h1-5,11-12,15H,6-9,13H2,(H,20,21). The van der Waals surface area contributed by atoms with Crippen LogP contribution in [0.2, 0.25) is 0 Å². The zero-order valence-corrected chi connectivity index (χ0v) is 12.4. The Hall–Kier alpha value is -2.45. The number of nitrogens with zero attached hydrogens (tertiary/aromatic N) is 4. The van der Waals surface area contributed by atoms with Crippen LogP contribution in [0.5, 0.6) is 0 Å². The maximum atomic E-state index is 8.86. The molecular formula is C17H19N5. The van der Waals surface area contributed by atoms with Crippen LogP contribution in [0.3, 0.4) is 0 Å². The van der Waals surface area contributed by atoms with Gasteiger partial charge in [0.2, 0.25) is 0 Å². The number of anilines is 1. The topological polar surface area (TPSA) is 64.8 Å². The van der Waals surface area contributed by atoms with Crippen molar-refractivity contribution in [1.82, 2.24) is 14.9 Å². The average molecular weight is 293 g/mol. The van der Waals surface area contributed by atoms with Gasteiger partial charge in [0.25, 0.3) is 0 Å². The van der Waals surface area contributed by atoms with Crippen molar-refractivity contribution in [2.24, 2.45) is 0 Å². The second-order valence-corrected chi connectivity index (χ2v) is 5.58. The van der Waals surface area contributed by atoms with Gasteiger partial charge >= 0.3 is 0 Å². The third-order valence-electron chi connectivity index (χ3n) is 3.94. The number of rotatable bonds is 4. The van der Waals surface area contributed by atoms with Gasteiger partial charge in [-0.1, -0.05) is 30.3 Å². The van der Waals surface area contributed by atoms with Crippen molar-refractivity contribution in [2.75, 3.05) is 18.4 Å². The van der Waals surface area contributed by atoms with Crippen LogP contribution in [-0.2, 0) is 6.54 Å². The highest BCUT2D eigenvalue weighted by Gasteiger charge is 2.19. The Morgan fingerprint density at radius 2 is 1.95 bits per heavy atom. The van der Waals surface area contributed by atoms with E-state index in [1.807, 2.05) is 6.07 Å². The van der Waals surface area contributed by atoms with E-state index in [0.29, 0.717) is 17.6 Å². The summed E-state index contributed by atoms with van der Waals surface area (Å²) in [4.78, 5) is 10.7. The van der Waals surface area contributed by atoms with E-state index in [1.54, 1.807) is 6.20 Å². The van der Waals surface area contributed by atoms with Crippen LogP contribution >= 0.6 is 0 Å². The lowest BCUT2D eigenvalue weighted by Gasteiger charge is -2.32. The average Bonchev–Trinajstić information content (AvgIpc) is 2.58. The predicted molar refractivity (Wildman–Crippen MR) is 85.1 cm³/mol. The van der Waals surface area contributed by atoms with E-state index in [1.165, 1.54) is 11.8 Å². The molecule has 112 valence electrons. The molecule has 1 fully saturated rings. The van der Waals surface area contributed by atoms with E-state index in [2.05, 4.69) is 50.5 Å². The lowest BCUT2D eigenvalue weighted by Crippen LogP contribution is -2.38. The maximum Gasteiger partial charge on any atom is 0.161 e. The maximum absolute atomic E-state index is 8.86. The first kappa shape index (κ1) is 14.5. The Bertz CT molecular complexity index is 642. The minimum atomic E-state index is 0.353. The Labute approximate surface area is 130 Å². The van der Waals surface area contributed by atoms with Crippen LogP contribution in [0.4, 0.5) is 5.82 Å². The molecule has 0 aliphatic carbocycles. The van der Waals surface area contributed by atoms with Crippen molar-refractivity contribution >= 4 is 5.82 Å². The van der Waals surface area contributed by atoms with Crippen molar-refractivity contribution in [3.8, 4) is 6.07 Å². The number of likely N-dealkylation sites (tertiary alicyclic amines) is 1. The zero-order valence-electron chi connectivity index (χ0n) is 12.4. The summed E-state index contributed by atoms with van der Waals surface area (Å²) in [5, 5.41) is 12.2. The molecule has 5 heteroatoms. The molecule has 0 saturated carbocycles. The number of hydrogen-bond acceptors (Lipinski definition) is 5. The number of benzene rings is 1. The molecule has 0 radical (unpaired) electrons. The summed E-state index contributed by atoms with van der Waals surface area (Å²) in [6.07, 6.45) is 5.31. The first-order valence-corrected chi connectivity index (χ1v) is 7.58. The van der Waals surface area contributed by atoms with E-state index < -0.39 is 0 Å². The second-order valence-electron chi connectivity index (χ2n) is 5.58. The van der Waals surface area contributed by atoms with Gasteiger partial charge in [0.1, 0.15) is 11.9 Å². The molecule has 1 saturated heterocycles. The first-order chi connectivity index (χ1) is 10.8. The molecule has 3 rings (SSSR count). The molecule has 2 heterocycles. The van der Waals surface area contributed by atoms with Crippen LogP contribution in [0.1, 0.15) is 24.1 Å². The van der Waals surface area contributed by atoms with Crippen LogP contribution in [0.15, 0.2) is 42.7 Å². The van der Waals surface area contributed by atoms with Gasteiger partial charge in [-0.3, -0.25) is 9.88 Å². The van der Waals surface area contributed by atoms with E-state index in [0.717, 1.165) is 32.5 Å². The van der Waals surface area contributed by atoms with E-state index in [-0.39, 0.29) is 0 Å². The van der Waals surface area contributed by atoms with Crippen molar-refractivity contribution in [2.45, 2.75) is 25.4 Å². The molecular weight excluding hydrogens is 274 g/mol. The highest BCUT2D eigenvalue weighted by atomic mass is 15.1. The number of nitrogens with one attached hydrogen (secondary N) is 1. The molecule has 22 heavy (non-hydrogen) atoms. The molecule has 1 aromatic heterocycles. The van der Waals surface area contributed by atoms with Crippen molar-refractivity contribution in [3.05, 3.63) is 54.0 Å². The third-order valence-corrected chi connectivity index (χ3v) is 3.94. The van der Waals surface area contributed by atoms with Crippen LogP contribution < -0.4 is 5.32 Å². The van der Waals surface area contributed by atoms with Gasteiger partial charge < -0.3 is 5.32 Å². The van der Waals surface area contributed by atoms with E-state index in [4.69, 9.17) is 5.26 Å². The van der Waals surface area contributed by atoms with Crippen LogP contribution in [0, 0.1) is 11.3 Å². The smallest absolute Gasteiger partial charge is 0.161 e. The Morgan fingerprint density at radius 3 is 2.68 bits per heavy atom. The normalized spacial score (nSPS) is 16.1. The SMILES string of the molecule is N#Cc1cncc(NC2CCN(Cc3ccccc3)CC2)n1. The molecule has 0 amide bonds. The summed E-state index contributed by atoms with van der Waals surface area (Å²) in [6, 6.07) is 13.0. The largest absolute Gasteiger partial charge is 0.366 e. The predicted octanol–water partition coefficient (Wildman–Crippen LogP) is 2.42. The van der Waals surface area contributed by atoms with Gasteiger partial charge in [-0.25, -0.2) is 4.98 Å². The molecule has 0 spiro atoms. The van der Waals surface area contributed by atoms with Crippen LogP contribution in [-0.4, -0.2) is 34.0 Å². The summed E-state index contributed by atoms with van der Waals surface area (Å²) >= 11 is 0. The summed E-state index contributed by atoms with van der Waals surface area (Å²) in [6.45, 7) is 3.15. The Balaban J connectivity index is 1.50. The first-order valence-electron chi connectivity index (χ1n) is 7.58. The lowest BCUT2D eigenvalue weighted by atomic mass is 10.0. The fourth-order valence-corrected chi connectivity index (χ4v) is 2.78. The summed E-state index contributed by atoms with van der Waals surface area (Å²) in [5.41, 5.74) is 1.72. The molecule has 1 aliphatic rings. The van der Waals surface area contributed by atoms with Gasteiger partial charge in [0.15, 0.2) is 5.69 Å². The highest BCUT2D eigenvalue weighted by molar-refractivity contribution is 5.35. The molecule has 1 N–H and O–H groups in total. The number of nitriles is 1. The molecule has 1 aromatic carbocycles. The van der Waals surface area contributed by atoms with Gasteiger partial charge in [0, 0.05) is 25.7 Å². The minimum absolute atomic E-state index is 0.353. The van der Waals surface area contributed by atoms with Gasteiger partial charge in [0.05, 0.1) is 12.4 Å². The van der Waals surface area contributed by atoms with Gasteiger partial charge in [-0.15, -0.1) is 0 Å². The zero-order chi connectivity index (χ0) is 15.2. The fourth-order valence-electron chi connectivity index (χ4n) is 2.78. The third kappa shape index (κ3) is 3.80. The number of hydrogen-bond donors (Lipinski definition) is 1. The Kier molecular flexibility index (Phi) is 4.62. The molecule has 1 aliphatic heterocycles. The van der Waals surface area contributed by atoms with Crippen molar-refractivity contribution in [1.29, 1.82) is 5.26 Å². The molecule has 0 atom stereocenters. The number of aromatic nitrogens is 2. The monoisotopic (exact) mass is 293 g/mol. The molecule has 0 unspecified atom stereocenters. The molecule has 0 bridgehead atoms. The number of piperidine rings is 1. The van der Waals surface area contributed by atoms with Gasteiger partial charge in [-0.05, 0) is 18.4 Å². The van der Waals surface area contributed by atoms with E-state index >= 15 is 0 Å². The van der Waals surface area contributed by atoms with Crippen LogP contribution in [0.25, 0.3) is 0 Å². The fraction of sp³-hybridized carbons (Fsp3) is 0.353. The molecule has 5 nitrogen and oxygen atoms in total. The minimum Gasteiger partial charge on any atom is -0.366 e. The lowest BCUT2D eigenvalue weighted by molar-refractivity contribution is 0.211. The van der Waals surface area contributed by atoms with E-state index in [9.17, 15) is 0 Å². The summed E-state index contributed by atoms with van der Waals surface area (Å²) in [5.74, 6) is 0.695. The van der Waals surface area contributed by atoms with Crippen molar-refractivity contribution < 1.29 is 0 Å². The highest BCUT2D eigenvalue weighted by Crippen LogP contribution is 2.17. The Morgan fingerprint density at radius 1 is 1.18 bits per heavy atom.